The number of anilines is 1. The molecule has 0 saturated heterocycles. The van der Waals surface area contributed by atoms with Crippen molar-refractivity contribution >= 4 is 17.4 Å². The minimum absolute atomic E-state index is 0.199. The molecule has 1 aromatic rings. The van der Waals surface area contributed by atoms with Gasteiger partial charge >= 0.3 is 0 Å². The number of hydrogen-bond donors (Lipinski definition) is 1. The van der Waals surface area contributed by atoms with Crippen molar-refractivity contribution in [3.8, 4) is 5.75 Å². The summed E-state index contributed by atoms with van der Waals surface area (Å²) in [5, 5.41) is 0. The highest BCUT2D eigenvalue weighted by Gasteiger charge is 2.10. The normalized spacial score (nSPS) is 10.9. The van der Waals surface area contributed by atoms with E-state index >= 15 is 0 Å². The molecule has 0 aromatic heterocycles. The van der Waals surface area contributed by atoms with Crippen LogP contribution in [0.15, 0.2) is 23.1 Å². The van der Waals surface area contributed by atoms with Crippen molar-refractivity contribution in [3.05, 3.63) is 18.2 Å². The Labute approximate surface area is 113 Å². The summed E-state index contributed by atoms with van der Waals surface area (Å²) in [5.74, 6) is 1.51. The summed E-state index contributed by atoms with van der Waals surface area (Å²) in [6.45, 7) is 5.19. The molecule has 0 heterocycles. The molecule has 0 amide bonds. The minimum Gasteiger partial charge on any atom is -0.497 e. The molecule has 102 valence electrons. The van der Waals surface area contributed by atoms with Crippen LogP contribution in [-0.2, 0) is 9.47 Å². The molecular weight excluding hydrogens is 250 g/mol. The number of rotatable bonds is 8. The van der Waals surface area contributed by atoms with Crippen molar-refractivity contribution in [2.45, 2.75) is 25.0 Å². The molecule has 1 rings (SSSR count). The van der Waals surface area contributed by atoms with E-state index in [0.29, 0.717) is 19.0 Å². The van der Waals surface area contributed by atoms with Crippen LogP contribution in [0.25, 0.3) is 0 Å². The number of hydrogen-bond acceptors (Lipinski definition) is 5. The average molecular weight is 271 g/mol. The summed E-state index contributed by atoms with van der Waals surface area (Å²) in [6.07, 6.45) is -0.199. The zero-order valence-corrected chi connectivity index (χ0v) is 12.0. The topological polar surface area (TPSA) is 53.7 Å². The van der Waals surface area contributed by atoms with Crippen LogP contribution in [0.4, 0.5) is 5.69 Å². The maximum atomic E-state index is 5.92. The minimum atomic E-state index is -0.199. The number of nitrogens with two attached hydrogens (primary N) is 1. The van der Waals surface area contributed by atoms with Gasteiger partial charge in [-0.05, 0) is 32.0 Å². The number of methoxy groups -OCH3 is 1. The van der Waals surface area contributed by atoms with E-state index in [0.717, 1.165) is 16.3 Å². The smallest absolute Gasteiger partial charge is 0.166 e. The lowest BCUT2D eigenvalue weighted by Crippen LogP contribution is -2.20. The van der Waals surface area contributed by atoms with E-state index in [-0.39, 0.29) is 6.29 Å². The van der Waals surface area contributed by atoms with Crippen LogP contribution in [-0.4, -0.2) is 32.4 Å². The largest absolute Gasteiger partial charge is 0.497 e. The monoisotopic (exact) mass is 271 g/mol. The first-order chi connectivity index (χ1) is 8.71. The zero-order valence-electron chi connectivity index (χ0n) is 11.1. The van der Waals surface area contributed by atoms with E-state index in [1.54, 1.807) is 18.9 Å². The van der Waals surface area contributed by atoms with Crippen LogP contribution >= 0.6 is 11.8 Å². The Balaban J connectivity index is 2.60. The average Bonchev–Trinajstić information content (AvgIpc) is 2.38. The summed E-state index contributed by atoms with van der Waals surface area (Å²) >= 11 is 1.61. The molecule has 0 saturated carbocycles. The summed E-state index contributed by atoms with van der Waals surface area (Å²) in [6, 6.07) is 5.62. The van der Waals surface area contributed by atoms with Gasteiger partial charge in [-0.25, -0.2) is 0 Å². The predicted octanol–water partition coefficient (Wildman–Crippen LogP) is 2.77. The molecule has 0 bridgehead atoms. The molecule has 0 unspecified atom stereocenters. The van der Waals surface area contributed by atoms with Crippen molar-refractivity contribution in [2.24, 2.45) is 0 Å². The number of benzene rings is 1. The molecule has 0 aliphatic rings. The van der Waals surface area contributed by atoms with E-state index in [2.05, 4.69) is 0 Å². The first-order valence-electron chi connectivity index (χ1n) is 6.00. The van der Waals surface area contributed by atoms with Crippen molar-refractivity contribution < 1.29 is 14.2 Å². The van der Waals surface area contributed by atoms with Crippen LogP contribution < -0.4 is 10.5 Å². The molecule has 0 spiro atoms. The van der Waals surface area contributed by atoms with Crippen LogP contribution in [0.5, 0.6) is 5.75 Å². The quantitative estimate of drug-likeness (QED) is 0.447. The van der Waals surface area contributed by atoms with E-state index in [1.165, 1.54) is 0 Å². The molecule has 0 fully saturated rings. The highest BCUT2D eigenvalue weighted by atomic mass is 32.2. The lowest BCUT2D eigenvalue weighted by Gasteiger charge is -2.17. The van der Waals surface area contributed by atoms with E-state index in [1.807, 2.05) is 32.0 Å². The molecule has 0 aliphatic heterocycles. The Kier molecular flexibility index (Phi) is 6.93. The van der Waals surface area contributed by atoms with Gasteiger partial charge in [0.15, 0.2) is 6.29 Å². The van der Waals surface area contributed by atoms with E-state index in [4.69, 9.17) is 19.9 Å². The van der Waals surface area contributed by atoms with Crippen LogP contribution in [0.3, 0.4) is 0 Å². The van der Waals surface area contributed by atoms with Crippen molar-refractivity contribution in [1.29, 1.82) is 0 Å². The van der Waals surface area contributed by atoms with Gasteiger partial charge in [-0.15, -0.1) is 11.8 Å². The third-order valence-corrected chi connectivity index (χ3v) is 3.40. The summed E-state index contributed by atoms with van der Waals surface area (Å²) in [7, 11) is 1.64. The van der Waals surface area contributed by atoms with Gasteiger partial charge in [0.05, 0.1) is 7.11 Å². The molecule has 0 radical (unpaired) electrons. The first-order valence-corrected chi connectivity index (χ1v) is 6.99. The van der Waals surface area contributed by atoms with Gasteiger partial charge < -0.3 is 19.9 Å². The molecule has 2 N–H and O–H groups in total. The Hall–Kier alpha value is -0.910. The fourth-order valence-corrected chi connectivity index (χ4v) is 2.38. The van der Waals surface area contributed by atoms with Crippen LogP contribution in [0.1, 0.15) is 13.8 Å². The fourth-order valence-electron chi connectivity index (χ4n) is 1.44. The molecule has 0 atom stereocenters. The van der Waals surface area contributed by atoms with Crippen molar-refractivity contribution in [1.82, 2.24) is 0 Å². The Morgan fingerprint density at radius 1 is 1.22 bits per heavy atom. The summed E-state index contributed by atoms with van der Waals surface area (Å²) in [5.41, 5.74) is 6.66. The third kappa shape index (κ3) is 4.76. The van der Waals surface area contributed by atoms with Gasteiger partial charge in [0.1, 0.15) is 5.75 Å². The van der Waals surface area contributed by atoms with Gasteiger partial charge in [0.25, 0.3) is 0 Å². The highest BCUT2D eigenvalue weighted by Crippen LogP contribution is 2.29. The molecule has 1 aromatic carbocycles. The van der Waals surface area contributed by atoms with Gasteiger partial charge in [0.2, 0.25) is 0 Å². The third-order valence-electron chi connectivity index (χ3n) is 2.30. The molecule has 0 aliphatic carbocycles. The highest BCUT2D eigenvalue weighted by molar-refractivity contribution is 7.99. The van der Waals surface area contributed by atoms with Crippen LogP contribution in [0.2, 0.25) is 0 Å². The molecule has 4 nitrogen and oxygen atoms in total. The van der Waals surface area contributed by atoms with Gasteiger partial charge in [-0.2, -0.15) is 0 Å². The van der Waals surface area contributed by atoms with E-state index < -0.39 is 0 Å². The first kappa shape index (κ1) is 15.1. The fraction of sp³-hybridized carbons (Fsp3) is 0.538. The van der Waals surface area contributed by atoms with E-state index in [9.17, 15) is 0 Å². The second kappa shape index (κ2) is 8.24. The molecular formula is C13H21NO3S. The van der Waals surface area contributed by atoms with Gasteiger partial charge in [0, 0.05) is 29.5 Å². The predicted molar refractivity (Wildman–Crippen MR) is 75.2 cm³/mol. The number of thioether (sulfide) groups is 1. The summed E-state index contributed by atoms with van der Waals surface area (Å²) in [4.78, 5) is 0.985. The second-order valence-corrected chi connectivity index (χ2v) is 4.62. The lowest BCUT2D eigenvalue weighted by atomic mass is 10.3. The second-order valence-electron chi connectivity index (χ2n) is 3.56. The zero-order chi connectivity index (χ0) is 13.4. The van der Waals surface area contributed by atoms with Crippen LogP contribution in [0, 0.1) is 0 Å². The van der Waals surface area contributed by atoms with Crippen molar-refractivity contribution in [3.63, 3.8) is 0 Å². The number of nitrogen functional groups attached to an aromatic ring is 1. The summed E-state index contributed by atoms with van der Waals surface area (Å²) < 4.78 is 16.2. The SMILES string of the molecule is CCOC(CSc1cc(OC)ccc1N)OCC. The Morgan fingerprint density at radius 3 is 2.44 bits per heavy atom. The Bertz CT molecular complexity index is 354. The molecule has 18 heavy (non-hydrogen) atoms. The van der Waals surface area contributed by atoms with Crippen molar-refractivity contribution in [2.75, 3.05) is 31.8 Å². The molecule has 5 heteroatoms. The maximum absolute atomic E-state index is 5.92. The standard InChI is InChI=1S/C13H21NO3S/c1-4-16-13(17-5-2)9-18-12-8-10(15-3)6-7-11(12)14/h6-8,13H,4-5,9,14H2,1-3H3. The number of ether oxygens (including phenoxy) is 3. The maximum Gasteiger partial charge on any atom is 0.166 e. The van der Waals surface area contributed by atoms with Gasteiger partial charge in [-0.1, -0.05) is 0 Å². The Morgan fingerprint density at radius 2 is 1.89 bits per heavy atom. The lowest BCUT2D eigenvalue weighted by molar-refractivity contribution is -0.120. The van der Waals surface area contributed by atoms with Gasteiger partial charge in [-0.3, -0.25) is 0 Å².